The number of benzene rings is 1. The molecule has 1 aliphatic heterocycles. The number of ether oxygens (including phenoxy) is 1. The third-order valence-corrected chi connectivity index (χ3v) is 7.76. The van der Waals surface area contributed by atoms with E-state index in [0.717, 1.165) is 49.6 Å². The topological polar surface area (TPSA) is 137 Å². The summed E-state index contributed by atoms with van der Waals surface area (Å²) in [4.78, 5) is 24.3. The lowest BCUT2D eigenvalue weighted by molar-refractivity contribution is 0.200. The number of fused-ring (bicyclic) bond motifs is 3. The fourth-order valence-electron chi connectivity index (χ4n) is 4.87. The lowest BCUT2D eigenvalue weighted by atomic mass is 9.89. The number of aliphatic hydroxyl groups excluding tert-OH is 1. The highest BCUT2D eigenvalue weighted by atomic mass is 32.1. The molecule has 5 heterocycles. The highest BCUT2D eigenvalue weighted by Gasteiger charge is 2.23. The van der Waals surface area contributed by atoms with Crippen LogP contribution in [0, 0.1) is 0 Å². The Labute approximate surface area is 215 Å². The molecule has 0 spiro atoms. The fraction of sp³-hybridized carbons (Fsp3) is 0.360. The summed E-state index contributed by atoms with van der Waals surface area (Å²) >= 11 is 1.11. The van der Waals surface area contributed by atoms with Gasteiger partial charge >= 0.3 is 4.87 Å². The van der Waals surface area contributed by atoms with Crippen molar-refractivity contribution in [1.82, 2.24) is 29.0 Å². The summed E-state index contributed by atoms with van der Waals surface area (Å²) in [6.45, 7) is 3.51. The van der Waals surface area contributed by atoms with Gasteiger partial charge in [-0.3, -0.25) is 9.36 Å². The molecule has 1 fully saturated rings. The first-order chi connectivity index (χ1) is 18.1. The van der Waals surface area contributed by atoms with E-state index in [0.29, 0.717) is 46.6 Å². The van der Waals surface area contributed by atoms with Crippen molar-refractivity contribution in [2.24, 2.45) is 0 Å². The predicted octanol–water partition coefficient (Wildman–Crippen LogP) is 2.59. The number of furan rings is 1. The standard InChI is InChI=1S/C25H27N7O4S/c26-24-28-22-20(23-27-21(29-32(23)24)19-2-1-14-36-19)37-25(34)31(22)12-11-30-9-7-17(8-10-30)16-3-5-18(6-4-16)35-15-13-33/h1-6,14,17,33H,7-13,15H2,(H2,26,28). The number of aromatic nitrogens is 5. The lowest BCUT2D eigenvalue weighted by Gasteiger charge is -2.32. The van der Waals surface area contributed by atoms with E-state index in [-0.39, 0.29) is 17.4 Å². The molecule has 0 radical (unpaired) electrons. The molecule has 4 aromatic heterocycles. The summed E-state index contributed by atoms with van der Waals surface area (Å²) in [6.07, 6.45) is 3.66. The van der Waals surface area contributed by atoms with Crippen LogP contribution >= 0.6 is 11.3 Å². The molecule has 3 N–H and O–H groups in total. The van der Waals surface area contributed by atoms with Crippen molar-refractivity contribution in [2.45, 2.75) is 25.3 Å². The summed E-state index contributed by atoms with van der Waals surface area (Å²) in [7, 11) is 0. The molecule has 1 saturated heterocycles. The molecule has 37 heavy (non-hydrogen) atoms. The van der Waals surface area contributed by atoms with Crippen LogP contribution in [-0.4, -0.2) is 67.0 Å². The number of nitrogen functional groups attached to an aromatic ring is 1. The van der Waals surface area contributed by atoms with Gasteiger partial charge in [0.15, 0.2) is 17.1 Å². The van der Waals surface area contributed by atoms with Crippen molar-refractivity contribution in [1.29, 1.82) is 0 Å². The maximum atomic E-state index is 12.9. The van der Waals surface area contributed by atoms with Gasteiger partial charge in [0.1, 0.15) is 17.1 Å². The first-order valence-corrected chi connectivity index (χ1v) is 13.1. The number of anilines is 1. The number of rotatable bonds is 8. The zero-order chi connectivity index (χ0) is 25.4. The van der Waals surface area contributed by atoms with Crippen LogP contribution in [0.1, 0.15) is 24.3 Å². The molecule has 0 bridgehead atoms. The maximum Gasteiger partial charge on any atom is 0.309 e. The molecule has 11 nitrogen and oxygen atoms in total. The van der Waals surface area contributed by atoms with Crippen molar-refractivity contribution >= 4 is 33.3 Å². The molecule has 0 amide bonds. The predicted molar refractivity (Wildman–Crippen MR) is 140 cm³/mol. The van der Waals surface area contributed by atoms with Gasteiger partial charge in [0.2, 0.25) is 11.8 Å². The van der Waals surface area contributed by atoms with Crippen molar-refractivity contribution in [3.05, 3.63) is 57.9 Å². The number of piperidine rings is 1. The number of likely N-dealkylation sites (tertiary alicyclic amines) is 1. The highest BCUT2D eigenvalue weighted by molar-refractivity contribution is 7.17. The molecule has 5 aromatic rings. The summed E-state index contributed by atoms with van der Waals surface area (Å²) in [6, 6.07) is 11.7. The quantitative estimate of drug-likeness (QED) is 0.316. The summed E-state index contributed by atoms with van der Waals surface area (Å²) < 4.78 is 14.7. The van der Waals surface area contributed by atoms with Gasteiger partial charge in [-0.1, -0.05) is 23.5 Å². The SMILES string of the molecule is Nc1nc2c(sc(=O)n2CCN2CCC(c3ccc(OCCO)cc3)CC2)c2nc(-c3ccco3)nn12. The van der Waals surface area contributed by atoms with Crippen molar-refractivity contribution in [2.75, 3.05) is 38.6 Å². The molecule has 192 valence electrons. The molecule has 1 aliphatic rings. The van der Waals surface area contributed by atoms with Crippen LogP contribution in [0.5, 0.6) is 5.75 Å². The minimum atomic E-state index is -0.0871. The monoisotopic (exact) mass is 521 g/mol. The molecule has 0 atom stereocenters. The first-order valence-electron chi connectivity index (χ1n) is 12.3. The lowest BCUT2D eigenvalue weighted by Crippen LogP contribution is -2.36. The minimum absolute atomic E-state index is 0.00851. The van der Waals surface area contributed by atoms with Gasteiger partial charge in [-0.2, -0.15) is 9.50 Å². The molecular formula is C25H27N7O4S. The van der Waals surface area contributed by atoms with Crippen molar-refractivity contribution < 1.29 is 14.3 Å². The molecule has 0 aliphatic carbocycles. The summed E-state index contributed by atoms with van der Waals surface area (Å²) in [5, 5.41) is 13.3. The Kier molecular flexibility index (Phi) is 6.37. The first kappa shape index (κ1) is 23.6. The van der Waals surface area contributed by atoms with E-state index in [2.05, 4.69) is 32.1 Å². The van der Waals surface area contributed by atoms with Crippen LogP contribution in [-0.2, 0) is 6.54 Å². The Bertz CT molecular complexity index is 1560. The molecule has 1 aromatic carbocycles. The van der Waals surface area contributed by atoms with E-state index < -0.39 is 0 Å². The van der Waals surface area contributed by atoms with E-state index in [4.69, 9.17) is 20.0 Å². The third-order valence-electron chi connectivity index (χ3n) is 6.80. The van der Waals surface area contributed by atoms with Gasteiger partial charge in [0.05, 0.1) is 12.9 Å². The number of nitrogens with zero attached hydrogens (tertiary/aromatic N) is 6. The van der Waals surface area contributed by atoms with E-state index in [1.807, 2.05) is 12.1 Å². The summed E-state index contributed by atoms with van der Waals surface area (Å²) in [5.74, 6) is 2.37. The van der Waals surface area contributed by atoms with E-state index in [1.54, 1.807) is 23.0 Å². The largest absolute Gasteiger partial charge is 0.491 e. The van der Waals surface area contributed by atoms with E-state index in [1.165, 1.54) is 10.1 Å². The minimum Gasteiger partial charge on any atom is -0.491 e. The number of aliphatic hydroxyl groups is 1. The van der Waals surface area contributed by atoms with Crippen LogP contribution in [0.25, 0.3) is 27.6 Å². The highest BCUT2D eigenvalue weighted by Crippen LogP contribution is 2.30. The molecular weight excluding hydrogens is 494 g/mol. The second-order valence-corrected chi connectivity index (χ2v) is 10.0. The Balaban J connectivity index is 1.14. The average Bonchev–Trinajstić information content (AvgIpc) is 3.66. The zero-order valence-electron chi connectivity index (χ0n) is 20.1. The van der Waals surface area contributed by atoms with Gasteiger partial charge < -0.3 is 24.9 Å². The second-order valence-electron chi connectivity index (χ2n) is 9.05. The van der Waals surface area contributed by atoms with Gasteiger partial charge in [-0.15, -0.1) is 5.10 Å². The van der Waals surface area contributed by atoms with Gasteiger partial charge in [-0.25, -0.2) is 4.98 Å². The van der Waals surface area contributed by atoms with Gasteiger partial charge in [0.25, 0.3) is 0 Å². The van der Waals surface area contributed by atoms with Crippen molar-refractivity contribution in [3.8, 4) is 17.3 Å². The fourth-order valence-corrected chi connectivity index (χ4v) is 5.80. The average molecular weight is 522 g/mol. The Morgan fingerprint density at radius 2 is 1.92 bits per heavy atom. The van der Waals surface area contributed by atoms with Crippen molar-refractivity contribution in [3.63, 3.8) is 0 Å². The Morgan fingerprint density at radius 1 is 1.11 bits per heavy atom. The third kappa shape index (κ3) is 4.59. The van der Waals surface area contributed by atoms with Crippen LogP contribution < -0.4 is 15.3 Å². The van der Waals surface area contributed by atoms with Crippen LogP contribution in [0.4, 0.5) is 5.95 Å². The number of nitrogens with two attached hydrogens (primary N) is 1. The van der Waals surface area contributed by atoms with Gasteiger partial charge in [-0.05, 0) is 61.7 Å². The smallest absolute Gasteiger partial charge is 0.309 e. The van der Waals surface area contributed by atoms with Crippen LogP contribution in [0.2, 0.25) is 0 Å². The molecule has 0 saturated carbocycles. The Hall–Kier alpha value is -3.74. The number of thiazole rings is 1. The molecule has 12 heteroatoms. The zero-order valence-corrected chi connectivity index (χ0v) is 20.9. The summed E-state index contributed by atoms with van der Waals surface area (Å²) in [5.41, 5.74) is 8.54. The maximum absolute atomic E-state index is 12.9. The molecule has 0 unspecified atom stereocenters. The van der Waals surface area contributed by atoms with Crippen LogP contribution in [0.3, 0.4) is 0 Å². The van der Waals surface area contributed by atoms with E-state index in [9.17, 15) is 4.79 Å². The second kappa shape index (κ2) is 9.96. The van der Waals surface area contributed by atoms with E-state index >= 15 is 0 Å². The number of hydrogen-bond acceptors (Lipinski definition) is 10. The number of hydrogen-bond donors (Lipinski definition) is 2. The van der Waals surface area contributed by atoms with Gasteiger partial charge in [0, 0.05) is 13.1 Å². The normalized spacial score (nSPS) is 15.2. The van der Waals surface area contributed by atoms with Crippen LogP contribution in [0.15, 0.2) is 51.9 Å². The Morgan fingerprint density at radius 3 is 2.65 bits per heavy atom. The molecule has 6 rings (SSSR count).